The molecule has 4 heteroatoms. The monoisotopic (exact) mass is 291 g/mol. The number of halogens is 3. The van der Waals surface area contributed by atoms with Gasteiger partial charge in [0.2, 0.25) is 0 Å². The van der Waals surface area contributed by atoms with E-state index >= 15 is 0 Å². The smallest absolute Gasteiger partial charge is 0.0627 e. The molecule has 1 heterocycles. The molecular formula is C13H16Cl3N. The summed E-state index contributed by atoms with van der Waals surface area (Å²) in [6, 6.07) is 4.10. The molecule has 0 radical (unpaired) electrons. The normalized spacial score (nSPS) is 30.4. The van der Waals surface area contributed by atoms with Gasteiger partial charge in [-0.15, -0.1) is 12.4 Å². The summed E-state index contributed by atoms with van der Waals surface area (Å²) in [4.78, 5) is 0. The number of rotatable bonds is 0. The van der Waals surface area contributed by atoms with Gasteiger partial charge in [-0.2, -0.15) is 0 Å². The molecule has 0 aromatic heterocycles. The van der Waals surface area contributed by atoms with E-state index in [9.17, 15) is 0 Å². The van der Waals surface area contributed by atoms with E-state index < -0.39 is 0 Å². The summed E-state index contributed by atoms with van der Waals surface area (Å²) in [7, 11) is 0. The van der Waals surface area contributed by atoms with Crippen LogP contribution in [0.5, 0.6) is 0 Å². The molecule has 2 aliphatic rings. The molecule has 1 N–H and O–H groups in total. The van der Waals surface area contributed by atoms with E-state index in [-0.39, 0.29) is 12.4 Å². The first-order valence-corrected chi connectivity index (χ1v) is 6.55. The fourth-order valence-corrected chi connectivity index (χ4v) is 3.66. The van der Waals surface area contributed by atoms with Crippen LogP contribution in [0, 0.1) is 5.41 Å². The van der Waals surface area contributed by atoms with E-state index in [1.807, 2.05) is 6.07 Å². The highest BCUT2D eigenvalue weighted by molar-refractivity contribution is 6.42. The molecule has 94 valence electrons. The van der Waals surface area contributed by atoms with Crippen LogP contribution in [0.1, 0.15) is 30.4 Å². The van der Waals surface area contributed by atoms with Crippen molar-refractivity contribution in [1.82, 2.24) is 5.32 Å². The Balaban J connectivity index is 0.00000108. The number of benzene rings is 1. The van der Waals surface area contributed by atoms with Crippen LogP contribution in [-0.4, -0.2) is 13.1 Å². The zero-order valence-corrected chi connectivity index (χ0v) is 12.1. The van der Waals surface area contributed by atoms with Gasteiger partial charge < -0.3 is 5.32 Å². The topological polar surface area (TPSA) is 12.0 Å². The highest BCUT2D eigenvalue weighted by atomic mass is 35.5. The molecule has 0 spiro atoms. The molecule has 17 heavy (non-hydrogen) atoms. The van der Waals surface area contributed by atoms with E-state index in [2.05, 4.69) is 18.3 Å². The van der Waals surface area contributed by atoms with E-state index in [1.54, 1.807) is 0 Å². The van der Waals surface area contributed by atoms with Gasteiger partial charge in [-0.1, -0.05) is 36.2 Å². The number of fused-ring (bicyclic) bond motifs is 3. The minimum atomic E-state index is 0. The van der Waals surface area contributed by atoms with Crippen LogP contribution < -0.4 is 5.32 Å². The first kappa shape index (κ1) is 13.5. The van der Waals surface area contributed by atoms with E-state index in [1.165, 1.54) is 17.5 Å². The second-order valence-electron chi connectivity index (χ2n) is 5.27. The van der Waals surface area contributed by atoms with Gasteiger partial charge >= 0.3 is 0 Å². The van der Waals surface area contributed by atoms with Gasteiger partial charge in [0, 0.05) is 19.0 Å². The van der Waals surface area contributed by atoms with Crippen LogP contribution in [0.25, 0.3) is 0 Å². The molecule has 1 aromatic carbocycles. The average molecular weight is 293 g/mol. The van der Waals surface area contributed by atoms with Gasteiger partial charge in [-0.3, -0.25) is 0 Å². The molecule has 1 nitrogen and oxygen atoms in total. The lowest BCUT2D eigenvalue weighted by Gasteiger charge is -2.37. The van der Waals surface area contributed by atoms with Crippen molar-refractivity contribution in [3.8, 4) is 0 Å². The lowest BCUT2D eigenvalue weighted by molar-refractivity contribution is 0.277. The Labute approximate surface area is 118 Å². The maximum atomic E-state index is 6.29. The molecule has 1 aliphatic carbocycles. The average Bonchev–Trinajstić information content (AvgIpc) is 2.65. The molecule has 0 saturated carbocycles. The maximum Gasteiger partial charge on any atom is 0.0627 e. The fourth-order valence-electron chi connectivity index (χ4n) is 3.22. The Bertz CT molecular complexity index is 447. The van der Waals surface area contributed by atoms with Crippen molar-refractivity contribution in [3.63, 3.8) is 0 Å². The highest BCUT2D eigenvalue weighted by Gasteiger charge is 2.43. The first-order chi connectivity index (χ1) is 7.62. The van der Waals surface area contributed by atoms with Crippen molar-refractivity contribution in [2.45, 2.75) is 25.7 Å². The Hall–Kier alpha value is 0.0500. The standard InChI is InChI=1S/C13H15Cl2N.ClH/c1-13-5-4-9-8(10(13)6-16-7-13)2-3-11(14)12(9)15;/h2-3,10,16H,4-7H2,1H3;1H/t10-,13-;/m1./s1. The molecule has 1 fully saturated rings. The third-order valence-corrected chi connectivity index (χ3v) is 5.12. The van der Waals surface area contributed by atoms with Crippen molar-refractivity contribution in [2.24, 2.45) is 5.41 Å². The fraction of sp³-hybridized carbons (Fsp3) is 0.538. The molecule has 1 saturated heterocycles. The zero-order chi connectivity index (χ0) is 11.3. The van der Waals surface area contributed by atoms with E-state index in [4.69, 9.17) is 23.2 Å². The van der Waals surface area contributed by atoms with E-state index in [0.29, 0.717) is 16.4 Å². The third-order valence-electron chi connectivity index (χ3n) is 4.27. The number of nitrogens with one attached hydrogen (secondary N) is 1. The summed E-state index contributed by atoms with van der Waals surface area (Å²) in [6.07, 6.45) is 2.27. The lowest BCUT2D eigenvalue weighted by atomic mass is 9.67. The Morgan fingerprint density at radius 1 is 1.35 bits per heavy atom. The summed E-state index contributed by atoms with van der Waals surface area (Å²) in [5.74, 6) is 0.603. The summed E-state index contributed by atoms with van der Waals surface area (Å²) >= 11 is 12.4. The summed E-state index contributed by atoms with van der Waals surface area (Å²) in [6.45, 7) is 4.57. The van der Waals surface area contributed by atoms with Crippen molar-refractivity contribution < 1.29 is 0 Å². The third kappa shape index (κ3) is 1.98. The quantitative estimate of drug-likeness (QED) is 0.760. The summed E-state index contributed by atoms with van der Waals surface area (Å²) < 4.78 is 0. The molecule has 0 amide bonds. The molecule has 0 bridgehead atoms. The predicted molar refractivity (Wildman–Crippen MR) is 75.7 cm³/mol. The van der Waals surface area contributed by atoms with Gasteiger partial charge in [0.05, 0.1) is 10.0 Å². The minimum absolute atomic E-state index is 0. The number of hydrogen-bond acceptors (Lipinski definition) is 1. The van der Waals surface area contributed by atoms with Crippen LogP contribution >= 0.6 is 35.6 Å². The first-order valence-electron chi connectivity index (χ1n) is 5.79. The van der Waals surface area contributed by atoms with Crippen LogP contribution in [-0.2, 0) is 6.42 Å². The number of hydrogen-bond donors (Lipinski definition) is 1. The highest BCUT2D eigenvalue weighted by Crippen LogP contribution is 2.49. The van der Waals surface area contributed by atoms with Gasteiger partial charge in [0.15, 0.2) is 0 Å². The zero-order valence-electron chi connectivity index (χ0n) is 9.72. The van der Waals surface area contributed by atoms with Gasteiger partial charge in [0.25, 0.3) is 0 Å². The molecular weight excluding hydrogens is 277 g/mol. The largest absolute Gasteiger partial charge is 0.316 e. The van der Waals surface area contributed by atoms with Crippen LogP contribution in [0.3, 0.4) is 0 Å². The Kier molecular flexibility index (Phi) is 3.66. The van der Waals surface area contributed by atoms with Crippen LogP contribution in [0.2, 0.25) is 10.0 Å². The summed E-state index contributed by atoms with van der Waals surface area (Å²) in [5, 5.41) is 4.96. The van der Waals surface area contributed by atoms with Crippen molar-refractivity contribution in [2.75, 3.05) is 13.1 Å². The van der Waals surface area contributed by atoms with Crippen LogP contribution in [0.4, 0.5) is 0 Å². The Morgan fingerprint density at radius 2 is 2.12 bits per heavy atom. The maximum absolute atomic E-state index is 6.29. The molecule has 3 rings (SSSR count). The predicted octanol–water partition coefficient (Wildman–Crippen LogP) is 4.05. The van der Waals surface area contributed by atoms with Gasteiger partial charge in [-0.05, 0) is 35.4 Å². The summed E-state index contributed by atoms with van der Waals surface area (Å²) in [5.41, 5.74) is 3.10. The second-order valence-corrected chi connectivity index (χ2v) is 6.05. The molecule has 1 aliphatic heterocycles. The molecule has 2 atom stereocenters. The van der Waals surface area contributed by atoms with Crippen molar-refractivity contribution in [3.05, 3.63) is 33.3 Å². The molecule has 0 unspecified atom stereocenters. The SMILES string of the molecule is C[C@]12CCc3c(ccc(Cl)c3Cl)[C@H]1CNC2.Cl. The minimum Gasteiger partial charge on any atom is -0.316 e. The van der Waals surface area contributed by atoms with Crippen molar-refractivity contribution >= 4 is 35.6 Å². The van der Waals surface area contributed by atoms with Crippen LogP contribution in [0.15, 0.2) is 12.1 Å². The van der Waals surface area contributed by atoms with Crippen molar-refractivity contribution in [1.29, 1.82) is 0 Å². The van der Waals surface area contributed by atoms with Gasteiger partial charge in [0.1, 0.15) is 0 Å². The lowest BCUT2D eigenvalue weighted by Crippen LogP contribution is -2.30. The van der Waals surface area contributed by atoms with Gasteiger partial charge in [-0.25, -0.2) is 0 Å². The van der Waals surface area contributed by atoms with E-state index in [0.717, 1.165) is 24.5 Å². The molecule has 1 aromatic rings. The Morgan fingerprint density at radius 3 is 2.88 bits per heavy atom. The second kappa shape index (κ2) is 4.62.